The standard InChI is InChI=1S/C18H18BrClN2O3S/c1-8-6-11(15(19)9(2)16(8)20)25-7-13(23)22-18-14(17(21)24)10-4-3-5-12(10)26-18/h6H,3-5,7H2,1-2H3,(H2,21,24)(H,22,23). The molecule has 1 aliphatic carbocycles. The van der Waals surface area contributed by atoms with Gasteiger partial charge in [0, 0.05) is 9.90 Å². The fraction of sp³-hybridized carbons (Fsp3) is 0.333. The van der Waals surface area contributed by atoms with Crippen LogP contribution in [0, 0.1) is 13.8 Å². The van der Waals surface area contributed by atoms with E-state index in [4.69, 9.17) is 22.1 Å². The lowest BCUT2D eigenvalue weighted by atomic mass is 10.1. The zero-order valence-corrected chi connectivity index (χ0v) is 17.5. The molecule has 1 aromatic heterocycles. The van der Waals surface area contributed by atoms with Crippen LogP contribution in [0.15, 0.2) is 10.5 Å². The summed E-state index contributed by atoms with van der Waals surface area (Å²) in [7, 11) is 0. The highest BCUT2D eigenvalue weighted by Crippen LogP contribution is 2.39. The monoisotopic (exact) mass is 456 g/mol. The molecule has 0 aliphatic heterocycles. The average molecular weight is 458 g/mol. The Morgan fingerprint density at radius 3 is 2.81 bits per heavy atom. The molecule has 0 fully saturated rings. The Kier molecular flexibility index (Phi) is 5.60. The normalized spacial score (nSPS) is 12.8. The molecular formula is C18H18BrClN2O3S. The lowest BCUT2D eigenvalue weighted by Gasteiger charge is -2.13. The van der Waals surface area contributed by atoms with E-state index in [9.17, 15) is 9.59 Å². The summed E-state index contributed by atoms with van der Waals surface area (Å²) in [6.07, 6.45) is 2.76. The number of amides is 2. The highest BCUT2D eigenvalue weighted by atomic mass is 79.9. The van der Waals surface area contributed by atoms with E-state index >= 15 is 0 Å². The number of primary amides is 1. The van der Waals surface area contributed by atoms with Gasteiger partial charge in [0.05, 0.1) is 10.0 Å². The minimum atomic E-state index is -0.507. The summed E-state index contributed by atoms with van der Waals surface area (Å²) in [5.41, 5.74) is 8.65. The van der Waals surface area contributed by atoms with Gasteiger partial charge in [-0.15, -0.1) is 11.3 Å². The first-order valence-corrected chi connectivity index (χ1v) is 10.1. The van der Waals surface area contributed by atoms with Crippen molar-refractivity contribution in [1.82, 2.24) is 0 Å². The van der Waals surface area contributed by atoms with Gasteiger partial charge in [0.2, 0.25) is 0 Å². The Hall–Kier alpha value is -1.57. The second-order valence-corrected chi connectivity index (χ2v) is 8.48. The lowest BCUT2D eigenvalue weighted by molar-refractivity contribution is -0.118. The fourth-order valence-electron chi connectivity index (χ4n) is 3.06. The first kappa shape index (κ1) is 19.2. The summed E-state index contributed by atoms with van der Waals surface area (Å²) in [5, 5.41) is 3.94. The van der Waals surface area contributed by atoms with Crippen molar-refractivity contribution in [3.63, 3.8) is 0 Å². The maximum Gasteiger partial charge on any atom is 0.262 e. The molecule has 1 aromatic carbocycles. The molecule has 0 bridgehead atoms. The number of halogens is 2. The number of fused-ring (bicyclic) bond motifs is 1. The quantitative estimate of drug-likeness (QED) is 0.699. The molecule has 2 aromatic rings. The molecule has 3 N–H and O–H groups in total. The van der Waals surface area contributed by atoms with Crippen molar-refractivity contribution in [1.29, 1.82) is 0 Å². The number of nitrogens with two attached hydrogens (primary N) is 1. The highest BCUT2D eigenvalue weighted by Gasteiger charge is 2.26. The van der Waals surface area contributed by atoms with Crippen LogP contribution in [0.25, 0.3) is 0 Å². The van der Waals surface area contributed by atoms with Gasteiger partial charge in [-0.2, -0.15) is 0 Å². The third-order valence-electron chi connectivity index (χ3n) is 4.35. The van der Waals surface area contributed by atoms with Crippen molar-refractivity contribution in [3.8, 4) is 5.75 Å². The Morgan fingerprint density at radius 1 is 1.38 bits per heavy atom. The van der Waals surface area contributed by atoms with Crippen LogP contribution in [0.4, 0.5) is 5.00 Å². The van der Waals surface area contributed by atoms with Gasteiger partial charge in [-0.25, -0.2) is 0 Å². The van der Waals surface area contributed by atoms with Crippen molar-refractivity contribution >= 4 is 55.7 Å². The van der Waals surface area contributed by atoms with Crippen LogP contribution in [0.3, 0.4) is 0 Å². The number of rotatable bonds is 5. The Balaban J connectivity index is 1.72. The molecule has 2 amide bonds. The van der Waals surface area contributed by atoms with E-state index in [-0.39, 0.29) is 12.5 Å². The van der Waals surface area contributed by atoms with Crippen molar-refractivity contribution < 1.29 is 14.3 Å². The summed E-state index contributed by atoms with van der Waals surface area (Å²) in [6.45, 7) is 3.57. The van der Waals surface area contributed by atoms with Gasteiger partial charge in [-0.05, 0) is 71.8 Å². The maximum atomic E-state index is 12.3. The number of ether oxygens (including phenoxy) is 1. The van der Waals surface area contributed by atoms with Crippen molar-refractivity contribution in [3.05, 3.63) is 42.7 Å². The fourth-order valence-corrected chi connectivity index (χ4v) is 5.07. The van der Waals surface area contributed by atoms with E-state index in [1.165, 1.54) is 11.3 Å². The van der Waals surface area contributed by atoms with Gasteiger partial charge in [0.1, 0.15) is 10.8 Å². The SMILES string of the molecule is Cc1cc(OCC(=O)Nc2sc3c(c2C(N)=O)CCC3)c(Br)c(C)c1Cl. The topological polar surface area (TPSA) is 81.4 Å². The van der Waals surface area contributed by atoms with Crippen LogP contribution in [-0.2, 0) is 17.6 Å². The minimum absolute atomic E-state index is 0.181. The third kappa shape index (κ3) is 3.61. The van der Waals surface area contributed by atoms with Gasteiger partial charge < -0.3 is 15.8 Å². The van der Waals surface area contributed by atoms with Crippen LogP contribution in [0.2, 0.25) is 5.02 Å². The van der Waals surface area contributed by atoms with Crippen molar-refractivity contribution in [2.24, 2.45) is 5.73 Å². The molecule has 0 saturated heterocycles. The van der Waals surface area contributed by atoms with Crippen molar-refractivity contribution in [2.75, 3.05) is 11.9 Å². The van der Waals surface area contributed by atoms with E-state index in [0.717, 1.165) is 40.8 Å². The van der Waals surface area contributed by atoms with Gasteiger partial charge in [0.15, 0.2) is 6.61 Å². The molecule has 1 aliphatic rings. The second-order valence-electron chi connectivity index (χ2n) is 6.21. The summed E-state index contributed by atoms with van der Waals surface area (Å²) in [6, 6.07) is 1.78. The molecule has 0 unspecified atom stereocenters. The molecule has 0 radical (unpaired) electrons. The number of benzene rings is 1. The number of aryl methyl sites for hydroxylation is 2. The van der Waals surface area contributed by atoms with Gasteiger partial charge in [-0.3, -0.25) is 9.59 Å². The smallest absolute Gasteiger partial charge is 0.262 e. The Morgan fingerprint density at radius 2 is 2.12 bits per heavy atom. The number of anilines is 1. The Bertz CT molecular complexity index is 911. The molecular weight excluding hydrogens is 440 g/mol. The van der Waals surface area contributed by atoms with E-state index in [1.54, 1.807) is 6.07 Å². The van der Waals surface area contributed by atoms with E-state index in [1.807, 2.05) is 13.8 Å². The van der Waals surface area contributed by atoms with Gasteiger partial charge >= 0.3 is 0 Å². The third-order valence-corrected chi connectivity index (χ3v) is 7.12. The molecule has 0 atom stereocenters. The maximum absolute atomic E-state index is 12.3. The molecule has 3 rings (SSSR count). The summed E-state index contributed by atoms with van der Waals surface area (Å²) < 4.78 is 6.35. The number of hydrogen-bond donors (Lipinski definition) is 2. The molecule has 8 heteroatoms. The largest absolute Gasteiger partial charge is 0.483 e. The average Bonchev–Trinajstić information content (AvgIpc) is 3.15. The molecule has 1 heterocycles. The van der Waals surface area contributed by atoms with Crippen LogP contribution < -0.4 is 15.8 Å². The van der Waals surface area contributed by atoms with Crippen LogP contribution in [0.1, 0.15) is 38.3 Å². The molecule has 138 valence electrons. The number of carbonyl (C=O) groups excluding carboxylic acids is 2. The van der Waals surface area contributed by atoms with Crippen LogP contribution in [-0.4, -0.2) is 18.4 Å². The summed E-state index contributed by atoms with van der Waals surface area (Å²) in [5.74, 6) is -0.305. The van der Waals surface area contributed by atoms with E-state index in [2.05, 4.69) is 21.2 Å². The number of hydrogen-bond acceptors (Lipinski definition) is 4. The first-order valence-electron chi connectivity index (χ1n) is 8.11. The van der Waals surface area contributed by atoms with Gasteiger partial charge in [0.25, 0.3) is 11.8 Å². The van der Waals surface area contributed by atoms with Crippen LogP contribution in [0.5, 0.6) is 5.75 Å². The summed E-state index contributed by atoms with van der Waals surface area (Å²) in [4.78, 5) is 25.2. The zero-order valence-electron chi connectivity index (χ0n) is 14.4. The number of thiophene rings is 1. The molecule has 0 saturated carbocycles. The summed E-state index contributed by atoms with van der Waals surface area (Å²) >= 11 is 11.1. The predicted octanol–water partition coefficient (Wildman–Crippen LogP) is 4.39. The second kappa shape index (κ2) is 7.58. The van der Waals surface area contributed by atoms with Gasteiger partial charge in [-0.1, -0.05) is 11.6 Å². The molecule has 26 heavy (non-hydrogen) atoms. The van der Waals surface area contributed by atoms with Crippen molar-refractivity contribution in [2.45, 2.75) is 33.1 Å². The zero-order chi connectivity index (χ0) is 19.0. The highest BCUT2D eigenvalue weighted by molar-refractivity contribution is 9.10. The van der Waals surface area contributed by atoms with Crippen LogP contribution >= 0.6 is 38.9 Å². The first-order chi connectivity index (χ1) is 12.3. The minimum Gasteiger partial charge on any atom is -0.483 e. The lowest BCUT2D eigenvalue weighted by Crippen LogP contribution is -2.22. The Labute approximate surface area is 169 Å². The molecule has 0 spiro atoms. The van der Waals surface area contributed by atoms with E-state index < -0.39 is 5.91 Å². The number of nitrogens with one attached hydrogen (secondary N) is 1. The molecule has 5 nitrogen and oxygen atoms in total. The van der Waals surface area contributed by atoms with E-state index in [0.29, 0.717) is 25.8 Å². The predicted molar refractivity (Wildman–Crippen MR) is 108 cm³/mol. The number of carbonyl (C=O) groups is 2.